The van der Waals surface area contributed by atoms with E-state index in [1.807, 2.05) is 0 Å². The van der Waals surface area contributed by atoms with Crippen LogP contribution in [0.15, 0.2) is 48.5 Å². The van der Waals surface area contributed by atoms with Gasteiger partial charge in [0.05, 0.1) is 11.6 Å². The average molecular weight is 507 g/mol. The van der Waals surface area contributed by atoms with E-state index >= 15 is 0 Å². The molecule has 35 heavy (non-hydrogen) atoms. The van der Waals surface area contributed by atoms with E-state index in [1.165, 1.54) is 28.9 Å². The number of hydrogen-bond acceptors (Lipinski definition) is 4. The molecule has 0 fully saturated rings. The first kappa shape index (κ1) is 24.6. The molecule has 1 amide bonds. The SMILES string of the molecule is C[C@H](NC(=O)c1c(C(F)(F)F)nn2c1N(Cc1ccc(Cl)cc1)CCC2)c1ccc(C(=O)O)cc1. The Morgan fingerprint density at radius 3 is 2.37 bits per heavy atom. The zero-order valence-electron chi connectivity index (χ0n) is 18.6. The molecule has 4 rings (SSSR count). The van der Waals surface area contributed by atoms with Gasteiger partial charge in [0.1, 0.15) is 11.4 Å². The number of alkyl halides is 3. The van der Waals surface area contributed by atoms with Crippen LogP contribution in [0, 0.1) is 0 Å². The molecule has 7 nitrogen and oxygen atoms in total. The van der Waals surface area contributed by atoms with Gasteiger partial charge >= 0.3 is 12.1 Å². The number of benzene rings is 2. The topological polar surface area (TPSA) is 87.5 Å². The number of carbonyl (C=O) groups excluding carboxylic acids is 1. The monoisotopic (exact) mass is 506 g/mol. The molecule has 0 spiro atoms. The summed E-state index contributed by atoms with van der Waals surface area (Å²) < 4.78 is 43.0. The zero-order valence-corrected chi connectivity index (χ0v) is 19.4. The number of aromatic carboxylic acids is 1. The van der Waals surface area contributed by atoms with E-state index in [0.717, 1.165) is 5.56 Å². The third-order valence-electron chi connectivity index (χ3n) is 5.81. The molecule has 2 heterocycles. The molecule has 0 bridgehead atoms. The maximum atomic E-state index is 13.9. The first-order valence-electron chi connectivity index (χ1n) is 10.9. The minimum absolute atomic E-state index is 0.0650. The van der Waals surface area contributed by atoms with Crippen LogP contribution in [-0.4, -0.2) is 33.3 Å². The van der Waals surface area contributed by atoms with E-state index in [1.54, 1.807) is 36.1 Å². The highest BCUT2D eigenvalue weighted by molar-refractivity contribution is 6.30. The van der Waals surface area contributed by atoms with E-state index in [4.69, 9.17) is 16.7 Å². The van der Waals surface area contributed by atoms with E-state index in [2.05, 4.69) is 10.4 Å². The Morgan fingerprint density at radius 2 is 1.77 bits per heavy atom. The molecule has 1 aliphatic heterocycles. The highest BCUT2D eigenvalue weighted by atomic mass is 35.5. The zero-order chi connectivity index (χ0) is 25.3. The number of anilines is 1. The van der Waals surface area contributed by atoms with Crippen LogP contribution in [0.25, 0.3) is 0 Å². The molecule has 11 heteroatoms. The van der Waals surface area contributed by atoms with Gasteiger partial charge in [-0.3, -0.25) is 4.79 Å². The summed E-state index contributed by atoms with van der Waals surface area (Å²) in [7, 11) is 0. The van der Waals surface area contributed by atoms with Crippen molar-refractivity contribution in [1.82, 2.24) is 15.1 Å². The van der Waals surface area contributed by atoms with Crippen molar-refractivity contribution in [2.45, 2.75) is 38.7 Å². The predicted molar refractivity (Wildman–Crippen MR) is 124 cm³/mol. The van der Waals surface area contributed by atoms with Gasteiger partial charge in [-0.05, 0) is 48.7 Å². The minimum Gasteiger partial charge on any atom is -0.478 e. The Labute approximate surface area is 204 Å². The number of hydrogen-bond donors (Lipinski definition) is 2. The summed E-state index contributed by atoms with van der Waals surface area (Å²) in [4.78, 5) is 26.0. The summed E-state index contributed by atoms with van der Waals surface area (Å²) in [5, 5.41) is 16.0. The number of aryl methyl sites for hydroxylation is 1. The van der Waals surface area contributed by atoms with E-state index in [9.17, 15) is 22.8 Å². The molecule has 1 atom stereocenters. The molecule has 3 aromatic rings. The molecule has 1 aromatic heterocycles. The summed E-state index contributed by atoms with van der Waals surface area (Å²) in [6, 6.07) is 12.1. The second kappa shape index (κ2) is 9.61. The lowest BCUT2D eigenvalue weighted by Crippen LogP contribution is -2.35. The van der Waals surface area contributed by atoms with Crippen LogP contribution >= 0.6 is 11.6 Å². The lowest BCUT2D eigenvalue weighted by molar-refractivity contribution is -0.141. The van der Waals surface area contributed by atoms with Crippen molar-refractivity contribution in [3.05, 3.63) is 81.5 Å². The third kappa shape index (κ3) is 5.27. The molecule has 2 N–H and O–H groups in total. The fraction of sp³-hybridized carbons (Fsp3) is 0.292. The fourth-order valence-electron chi connectivity index (χ4n) is 4.09. The Bertz CT molecular complexity index is 1240. The summed E-state index contributed by atoms with van der Waals surface area (Å²) >= 11 is 5.94. The molecule has 184 valence electrons. The number of carboxylic acids is 1. The second-order valence-corrected chi connectivity index (χ2v) is 8.73. The number of nitrogens with one attached hydrogen (secondary N) is 1. The summed E-state index contributed by atoms with van der Waals surface area (Å²) in [5.41, 5.74) is -0.316. The molecule has 2 aromatic carbocycles. The smallest absolute Gasteiger partial charge is 0.436 e. The number of carbonyl (C=O) groups is 2. The number of aromatic nitrogens is 2. The quantitative estimate of drug-likeness (QED) is 0.482. The Balaban J connectivity index is 1.67. The first-order chi connectivity index (χ1) is 16.5. The van der Waals surface area contributed by atoms with Crippen molar-refractivity contribution in [3.8, 4) is 0 Å². The number of rotatable bonds is 6. The molecular formula is C24H22ClF3N4O3. The molecule has 0 unspecified atom stereocenters. The van der Waals surface area contributed by atoms with Crippen LogP contribution in [0.4, 0.5) is 19.0 Å². The van der Waals surface area contributed by atoms with Crippen molar-refractivity contribution in [2.75, 3.05) is 11.4 Å². The fourth-order valence-corrected chi connectivity index (χ4v) is 4.21. The third-order valence-corrected chi connectivity index (χ3v) is 6.06. The normalized spacial score (nSPS) is 14.4. The van der Waals surface area contributed by atoms with Crippen LogP contribution in [0.5, 0.6) is 0 Å². The standard InChI is InChI=1S/C24H22ClF3N4O3/c1-14(16-5-7-17(8-6-16)23(34)35)29-21(33)19-20(24(26,27)28)30-32-12-2-11-31(22(19)32)13-15-3-9-18(25)10-4-15/h3-10,14H,2,11-13H2,1H3,(H,29,33)(H,34,35)/t14-/m0/s1. The van der Waals surface area contributed by atoms with Crippen LogP contribution < -0.4 is 10.2 Å². The molecule has 0 saturated heterocycles. The van der Waals surface area contributed by atoms with Crippen LogP contribution in [-0.2, 0) is 19.3 Å². The summed E-state index contributed by atoms with van der Waals surface area (Å²) in [6.45, 7) is 2.61. The van der Waals surface area contributed by atoms with Gasteiger partial charge in [0.15, 0.2) is 5.69 Å². The maximum absolute atomic E-state index is 13.9. The predicted octanol–water partition coefficient (Wildman–Crippen LogP) is 5.15. The van der Waals surface area contributed by atoms with Gasteiger partial charge in [-0.25, -0.2) is 9.48 Å². The second-order valence-electron chi connectivity index (χ2n) is 8.29. The van der Waals surface area contributed by atoms with Crippen molar-refractivity contribution in [1.29, 1.82) is 0 Å². The first-order valence-corrected chi connectivity index (χ1v) is 11.2. The van der Waals surface area contributed by atoms with Gasteiger partial charge in [-0.1, -0.05) is 35.9 Å². The van der Waals surface area contributed by atoms with Crippen molar-refractivity contribution >= 4 is 29.3 Å². The maximum Gasteiger partial charge on any atom is 0.436 e. The highest BCUT2D eigenvalue weighted by Crippen LogP contribution is 2.38. The average Bonchev–Trinajstić information content (AvgIpc) is 3.22. The van der Waals surface area contributed by atoms with E-state index in [0.29, 0.717) is 23.6 Å². The van der Waals surface area contributed by atoms with E-state index < -0.39 is 35.4 Å². The van der Waals surface area contributed by atoms with Gasteiger partial charge in [0.2, 0.25) is 0 Å². The molecule has 0 radical (unpaired) electrons. The van der Waals surface area contributed by atoms with Gasteiger partial charge in [-0.2, -0.15) is 18.3 Å². The lowest BCUT2D eigenvalue weighted by Gasteiger charge is -2.30. The number of amides is 1. The largest absolute Gasteiger partial charge is 0.478 e. The number of halogens is 4. The Morgan fingerprint density at radius 1 is 1.11 bits per heavy atom. The minimum atomic E-state index is -4.82. The van der Waals surface area contributed by atoms with Gasteiger partial charge in [0.25, 0.3) is 5.91 Å². The molecule has 0 saturated carbocycles. The Hall–Kier alpha value is -3.53. The number of fused-ring (bicyclic) bond motifs is 1. The summed E-state index contributed by atoms with van der Waals surface area (Å²) in [5.74, 6) is -1.89. The van der Waals surface area contributed by atoms with Gasteiger partial charge in [-0.15, -0.1) is 0 Å². The van der Waals surface area contributed by atoms with Crippen molar-refractivity contribution in [2.24, 2.45) is 0 Å². The van der Waals surface area contributed by atoms with E-state index in [-0.39, 0.29) is 24.5 Å². The number of nitrogens with zero attached hydrogens (tertiary/aromatic N) is 3. The molecule has 0 aliphatic carbocycles. The van der Waals surface area contributed by atoms with Crippen LogP contribution in [0.3, 0.4) is 0 Å². The summed E-state index contributed by atoms with van der Waals surface area (Å²) in [6.07, 6.45) is -4.25. The van der Waals surface area contributed by atoms with Crippen LogP contribution in [0.2, 0.25) is 5.02 Å². The van der Waals surface area contributed by atoms with Gasteiger partial charge in [0, 0.05) is 24.7 Å². The van der Waals surface area contributed by atoms with Crippen molar-refractivity contribution < 1.29 is 27.9 Å². The molecular weight excluding hydrogens is 485 g/mol. The van der Waals surface area contributed by atoms with Crippen LogP contribution in [0.1, 0.15) is 56.9 Å². The lowest BCUT2D eigenvalue weighted by atomic mass is 10.0. The highest BCUT2D eigenvalue weighted by Gasteiger charge is 2.43. The number of carboxylic acid groups (broad SMARTS) is 1. The molecule has 1 aliphatic rings. The van der Waals surface area contributed by atoms with Gasteiger partial charge < -0.3 is 15.3 Å². The Kier molecular flexibility index (Phi) is 6.75. The van der Waals surface area contributed by atoms with Crippen molar-refractivity contribution in [3.63, 3.8) is 0 Å².